The van der Waals surface area contributed by atoms with Gasteiger partial charge in [-0.3, -0.25) is 0 Å². The van der Waals surface area contributed by atoms with Crippen LogP contribution < -0.4 is 9.47 Å². The Morgan fingerprint density at radius 1 is 0.815 bits per heavy atom. The highest BCUT2D eigenvalue weighted by Gasteiger charge is 2.16. The maximum atomic E-state index is 5.75. The average molecular weight is 395 g/mol. The van der Waals surface area contributed by atoms with Crippen molar-refractivity contribution in [2.24, 2.45) is 0 Å². The molecule has 0 saturated heterocycles. The van der Waals surface area contributed by atoms with E-state index < -0.39 is 0 Å². The van der Waals surface area contributed by atoms with E-state index in [2.05, 4.69) is 31.5 Å². The molecule has 27 heavy (non-hydrogen) atoms. The molecule has 0 atom stereocenters. The van der Waals surface area contributed by atoms with Crippen LogP contribution in [0.1, 0.15) is 44.2 Å². The first-order chi connectivity index (χ1) is 13.3. The van der Waals surface area contributed by atoms with Gasteiger partial charge in [0.1, 0.15) is 0 Å². The van der Waals surface area contributed by atoms with E-state index in [1.165, 1.54) is 11.1 Å². The molecule has 0 saturated carbocycles. The van der Waals surface area contributed by atoms with Gasteiger partial charge in [0.15, 0.2) is 26.7 Å². The molecule has 0 bridgehead atoms. The Morgan fingerprint density at radius 2 is 1.37 bits per heavy atom. The van der Waals surface area contributed by atoms with Crippen LogP contribution in [0.4, 0.5) is 0 Å². The Morgan fingerprint density at radius 3 is 1.96 bits per heavy atom. The van der Waals surface area contributed by atoms with Crippen LogP contribution in [0.3, 0.4) is 0 Å². The molecule has 1 aromatic rings. The summed E-state index contributed by atoms with van der Waals surface area (Å²) in [5.41, 5.74) is 2.44. The van der Waals surface area contributed by atoms with Gasteiger partial charge in [-0.2, -0.15) is 0 Å². The summed E-state index contributed by atoms with van der Waals surface area (Å²) >= 11 is 0.750. The zero-order valence-corrected chi connectivity index (χ0v) is 18.7. The molecular formula is C21H36AlO5. The highest BCUT2D eigenvalue weighted by molar-refractivity contribution is 6.31. The van der Waals surface area contributed by atoms with E-state index in [9.17, 15) is 0 Å². The quantitative estimate of drug-likeness (QED) is 0.363. The molecular weight excluding hydrogens is 359 g/mol. The maximum absolute atomic E-state index is 5.75. The van der Waals surface area contributed by atoms with Gasteiger partial charge in [-0.05, 0) is 36.1 Å². The van der Waals surface area contributed by atoms with E-state index in [1.54, 1.807) is 0 Å². The molecule has 153 valence electrons. The molecule has 0 N–H and O–H groups in total. The van der Waals surface area contributed by atoms with Gasteiger partial charge in [-0.1, -0.05) is 26.7 Å². The number of unbranched alkanes of at least 4 members (excludes halogenated alkanes) is 1. The molecule has 0 aromatic heterocycles. The third kappa shape index (κ3) is 10.4. The lowest BCUT2D eigenvalue weighted by molar-refractivity contribution is 0.0101. The Bertz CT molecular complexity index is 496. The van der Waals surface area contributed by atoms with Gasteiger partial charge in [-0.15, -0.1) is 11.6 Å². The lowest BCUT2D eigenvalue weighted by Gasteiger charge is -2.11. The molecule has 0 amide bonds. The fourth-order valence-corrected chi connectivity index (χ4v) is 2.53. The smallest absolute Gasteiger partial charge is 0.231 e. The van der Waals surface area contributed by atoms with Crippen molar-refractivity contribution in [2.45, 2.75) is 57.7 Å². The second-order valence-electron chi connectivity index (χ2n) is 6.43. The number of rotatable bonds is 13. The molecule has 0 fully saturated rings. The Kier molecular flexibility index (Phi) is 14.6. The molecule has 1 aliphatic rings. The normalized spacial score (nSPS) is 11.9. The van der Waals surface area contributed by atoms with Crippen molar-refractivity contribution in [3.63, 3.8) is 0 Å². The predicted molar refractivity (Wildman–Crippen MR) is 110 cm³/mol. The van der Waals surface area contributed by atoms with Crippen LogP contribution in [0.5, 0.6) is 11.5 Å². The van der Waals surface area contributed by atoms with Crippen molar-refractivity contribution < 1.29 is 23.7 Å². The molecule has 2 rings (SSSR count). The molecule has 1 radical (unpaired) electrons. The van der Waals surface area contributed by atoms with E-state index in [-0.39, 0.29) is 0 Å². The number of ether oxygens (including phenoxy) is 5. The summed E-state index contributed by atoms with van der Waals surface area (Å²) in [7, 11) is 0. The molecule has 5 nitrogen and oxygen atoms in total. The first-order valence-electron chi connectivity index (χ1n) is 10.1. The fraction of sp³-hybridized carbons (Fsp3) is 0.714. The monoisotopic (exact) mass is 395 g/mol. The van der Waals surface area contributed by atoms with Crippen molar-refractivity contribution >= 4 is 15.2 Å². The Balaban J connectivity index is 0.00000114. The van der Waals surface area contributed by atoms with Crippen molar-refractivity contribution in [3.8, 4) is 11.5 Å². The van der Waals surface area contributed by atoms with E-state index in [4.69, 9.17) is 23.7 Å². The van der Waals surface area contributed by atoms with Crippen LogP contribution in [-0.2, 0) is 27.2 Å². The standard InChI is InChI=1S/C19H30O5.2CH3.Al/c1-3-5-7-20-8-9-21-10-11-22-14-17-13-19-18(23-15-24-19)12-16(17)6-4-2;;;/h12-13H,3-11,14-15H2,1-2H3;2*1H3;. The summed E-state index contributed by atoms with van der Waals surface area (Å²) < 4.78 is 27.6. The second kappa shape index (κ2) is 16.2. The summed E-state index contributed by atoms with van der Waals surface area (Å²) in [6.07, 6.45) is 4.38. The maximum Gasteiger partial charge on any atom is 0.231 e. The van der Waals surface area contributed by atoms with Crippen LogP contribution >= 0.6 is 0 Å². The Labute approximate surface area is 171 Å². The molecule has 6 heteroatoms. The van der Waals surface area contributed by atoms with E-state index in [0.29, 0.717) is 39.8 Å². The lowest BCUT2D eigenvalue weighted by Crippen LogP contribution is -2.10. The van der Waals surface area contributed by atoms with Crippen LogP contribution in [0.25, 0.3) is 0 Å². The second-order valence-corrected chi connectivity index (χ2v) is 7.59. The van der Waals surface area contributed by atoms with Gasteiger partial charge >= 0.3 is 0 Å². The largest absolute Gasteiger partial charge is 0.454 e. The molecule has 0 spiro atoms. The molecule has 1 heterocycles. The summed E-state index contributed by atoms with van der Waals surface area (Å²) in [5.74, 6) is 6.07. The number of hydrogen-bond acceptors (Lipinski definition) is 5. The van der Waals surface area contributed by atoms with Gasteiger partial charge < -0.3 is 23.7 Å². The SMILES string of the molecule is CCCCOCCOCCOCc1cc2c(cc1CCC)OCO2.[CH3][Al][CH3]. The van der Waals surface area contributed by atoms with Crippen molar-refractivity contribution in [2.75, 3.05) is 39.8 Å². The third-order valence-corrected chi connectivity index (χ3v) is 3.86. The minimum absolute atomic E-state index is 0.305. The predicted octanol–water partition coefficient (Wildman–Crippen LogP) is 4.50. The van der Waals surface area contributed by atoms with Crippen LogP contribution in [0.15, 0.2) is 12.1 Å². The number of aryl methyl sites for hydroxylation is 1. The highest BCUT2D eigenvalue weighted by atomic mass is 27.1. The summed E-state index contributed by atoms with van der Waals surface area (Å²) in [6.45, 7) is 8.47. The molecule has 0 unspecified atom stereocenters. The first-order valence-corrected chi connectivity index (χ1v) is 12.5. The van der Waals surface area contributed by atoms with Crippen LogP contribution in [-0.4, -0.2) is 55.0 Å². The van der Waals surface area contributed by atoms with Crippen molar-refractivity contribution in [1.29, 1.82) is 0 Å². The number of benzene rings is 1. The zero-order chi connectivity index (χ0) is 19.7. The van der Waals surface area contributed by atoms with Crippen molar-refractivity contribution in [3.05, 3.63) is 23.3 Å². The van der Waals surface area contributed by atoms with E-state index >= 15 is 0 Å². The topological polar surface area (TPSA) is 46.2 Å². The van der Waals surface area contributed by atoms with E-state index in [1.807, 2.05) is 6.07 Å². The molecule has 0 aliphatic carbocycles. The van der Waals surface area contributed by atoms with Gasteiger partial charge in [-0.25, -0.2) is 0 Å². The van der Waals surface area contributed by atoms with Crippen molar-refractivity contribution in [1.82, 2.24) is 0 Å². The van der Waals surface area contributed by atoms with Gasteiger partial charge in [0, 0.05) is 6.61 Å². The minimum atomic E-state index is 0.305. The third-order valence-electron chi connectivity index (χ3n) is 3.86. The summed E-state index contributed by atoms with van der Waals surface area (Å²) in [5, 5.41) is 0. The van der Waals surface area contributed by atoms with Gasteiger partial charge in [0.25, 0.3) is 0 Å². The highest BCUT2D eigenvalue weighted by Crippen LogP contribution is 2.35. The average Bonchev–Trinajstić information content (AvgIpc) is 3.11. The molecule has 1 aliphatic heterocycles. The zero-order valence-electron chi connectivity index (χ0n) is 17.6. The summed E-state index contributed by atoms with van der Waals surface area (Å²) in [4.78, 5) is 0. The van der Waals surface area contributed by atoms with Crippen LogP contribution in [0.2, 0.25) is 11.6 Å². The van der Waals surface area contributed by atoms with E-state index in [0.717, 1.165) is 59.0 Å². The lowest BCUT2D eigenvalue weighted by atomic mass is 10.0. The fourth-order valence-electron chi connectivity index (χ4n) is 2.53. The van der Waals surface area contributed by atoms with Crippen LogP contribution in [0, 0.1) is 0 Å². The minimum Gasteiger partial charge on any atom is -0.454 e. The Hall–Kier alpha value is -0.768. The van der Waals surface area contributed by atoms with Gasteiger partial charge in [0.05, 0.1) is 33.0 Å². The molecule has 1 aromatic carbocycles. The van der Waals surface area contributed by atoms with Gasteiger partial charge in [0.2, 0.25) is 6.79 Å². The first kappa shape index (κ1) is 24.3. The number of fused-ring (bicyclic) bond motifs is 1. The summed E-state index contributed by atoms with van der Waals surface area (Å²) in [6, 6.07) is 4.12. The number of hydrogen-bond donors (Lipinski definition) is 0.